The van der Waals surface area contributed by atoms with Gasteiger partial charge in [0.15, 0.2) is 0 Å². The van der Waals surface area contributed by atoms with Crippen LogP contribution in [0.5, 0.6) is 0 Å². The highest BCUT2D eigenvalue weighted by Gasteiger charge is 2.07. The van der Waals surface area contributed by atoms with E-state index in [0.717, 1.165) is 19.3 Å². The first-order valence-electron chi connectivity index (χ1n) is 6.64. The molecule has 0 saturated heterocycles. The van der Waals surface area contributed by atoms with E-state index in [2.05, 4.69) is 22.2 Å². The number of carbonyl (C=O) groups excluding carboxylic acids is 1. The molecule has 20 heavy (non-hydrogen) atoms. The topological polar surface area (TPSA) is 74.8 Å². The molecule has 0 atom stereocenters. The number of carbonyl (C=O) groups is 1. The minimum absolute atomic E-state index is 0.101. The molecule has 0 aliphatic heterocycles. The van der Waals surface area contributed by atoms with Crippen LogP contribution in [0.2, 0.25) is 0 Å². The van der Waals surface area contributed by atoms with Crippen LogP contribution in [0.25, 0.3) is 0 Å². The van der Waals surface area contributed by atoms with Gasteiger partial charge in [-0.05, 0) is 30.5 Å². The Balaban J connectivity index is 2.02. The minimum Gasteiger partial charge on any atom is -0.321 e. The number of rotatable bonds is 5. The van der Waals surface area contributed by atoms with Crippen molar-refractivity contribution in [1.29, 1.82) is 0 Å². The lowest BCUT2D eigenvalue weighted by Gasteiger charge is -2.05. The zero-order valence-corrected chi connectivity index (χ0v) is 11.3. The molecule has 104 valence electrons. The quantitative estimate of drug-likeness (QED) is 0.876. The predicted octanol–water partition coefficient (Wildman–Crippen LogP) is 2.36. The number of nitrogens with zero attached hydrogens (tertiary/aromatic N) is 1. The molecule has 0 unspecified atom stereocenters. The third-order valence-corrected chi connectivity index (χ3v) is 2.94. The first-order valence-corrected chi connectivity index (χ1v) is 6.64. The average Bonchev–Trinajstić information content (AvgIpc) is 2.46. The molecule has 2 rings (SSSR count). The molecule has 0 aliphatic carbocycles. The van der Waals surface area contributed by atoms with Gasteiger partial charge in [-0.2, -0.15) is 0 Å². The molecule has 5 nitrogen and oxygen atoms in total. The second-order valence-electron chi connectivity index (χ2n) is 4.55. The highest BCUT2D eigenvalue weighted by molar-refractivity contribution is 6.02. The first-order chi connectivity index (χ1) is 9.69. The van der Waals surface area contributed by atoms with Gasteiger partial charge in [0.25, 0.3) is 11.5 Å². The van der Waals surface area contributed by atoms with Crippen molar-refractivity contribution in [3.63, 3.8) is 0 Å². The summed E-state index contributed by atoms with van der Waals surface area (Å²) in [6.45, 7) is 2.16. The molecule has 0 saturated carbocycles. The molecule has 1 amide bonds. The SMILES string of the molecule is CCCCc1ccc(NC(=O)c2cc(=O)[nH]cn2)cc1. The molecular formula is C15H17N3O2. The molecule has 0 fully saturated rings. The number of anilines is 1. The number of hydrogen-bond donors (Lipinski definition) is 2. The third-order valence-electron chi connectivity index (χ3n) is 2.94. The standard InChI is InChI=1S/C15H17N3O2/c1-2-3-4-11-5-7-12(8-6-11)18-15(20)13-9-14(19)17-10-16-13/h5-10H,2-4H2,1H3,(H,18,20)(H,16,17,19). The lowest BCUT2D eigenvalue weighted by Crippen LogP contribution is -2.17. The van der Waals surface area contributed by atoms with E-state index in [1.54, 1.807) is 0 Å². The lowest BCUT2D eigenvalue weighted by atomic mass is 10.1. The van der Waals surface area contributed by atoms with Crippen molar-refractivity contribution in [2.24, 2.45) is 0 Å². The maximum absolute atomic E-state index is 11.9. The van der Waals surface area contributed by atoms with Crippen molar-refractivity contribution in [3.05, 3.63) is 58.3 Å². The van der Waals surface area contributed by atoms with Crippen molar-refractivity contribution >= 4 is 11.6 Å². The molecule has 2 N–H and O–H groups in total. The fourth-order valence-corrected chi connectivity index (χ4v) is 1.82. The third kappa shape index (κ3) is 3.78. The second kappa shape index (κ2) is 6.65. The fraction of sp³-hybridized carbons (Fsp3) is 0.267. The average molecular weight is 271 g/mol. The number of amides is 1. The number of aromatic nitrogens is 2. The van der Waals surface area contributed by atoms with Gasteiger partial charge in [0, 0.05) is 11.8 Å². The zero-order chi connectivity index (χ0) is 14.4. The van der Waals surface area contributed by atoms with Crippen molar-refractivity contribution in [1.82, 2.24) is 9.97 Å². The number of aryl methyl sites for hydroxylation is 1. The van der Waals surface area contributed by atoms with E-state index in [0.29, 0.717) is 5.69 Å². The smallest absolute Gasteiger partial charge is 0.274 e. The van der Waals surface area contributed by atoms with Gasteiger partial charge < -0.3 is 10.3 Å². The van der Waals surface area contributed by atoms with Crippen molar-refractivity contribution < 1.29 is 4.79 Å². The molecular weight excluding hydrogens is 254 g/mol. The summed E-state index contributed by atoms with van der Waals surface area (Å²) in [5.41, 5.74) is 1.69. The van der Waals surface area contributed by atoms with E-state index in [-0.39, 0.29) is 11.3 Å². The predicted molar refractivity (Wildman–Crippen MR) is 77.9 cm³/mol. The molecule has 0 aliphatic rings. The number of nitrogens with one attached hydrogen (secondary N) is 2. The van der Waals surface area contributed by atoms with Crippen LogP contribution in [-0.2, 0) is 6.42 Å². The number of H-pyrrole nitrogens is 1. The van der Waals surface area contributed by atoms with Gasteiger partial charge in [-0.15, -0.1) is 0 Å². The van der Waals surface area contributed by atoms with Crippen LogP contribution in [0.15, 0.2) is 41.5 Å². The molecule has 0 bridgehead atoms. The van der Waals surface area contributed by atoms with Crippen molar-refractivity contribution in [2.45, 2.75) is 26.2 Å². The maximum atomic E-state index is 11.9. The van der Waals surface area contributed by atoms with Gasteiger partial charge in [-0.25, -0.2) is 4.98 Å². The molecule has 2 aromatic rings. The van der Waals surface area contributed by atoms with Crippen molar-refractivity contribution in [3.8, 4) is 0 Å². The minimum atomic E-state index is -0.391. The molecule has 1 aromatic heterocycles. The molecule has 0 spiro atoms. The van der Waals surface area contributed by atoms with Crippen LogP contribution in [0.3, 0.4) is 0 Å². The number of unbranched alkanes of at least 4 members (excludes halogenated alkanes) is 1. The Morgan fingerprint density at radius 1 is 1.30 bits per heavy atom. The monoisotopic (exact) mass is 271 g/mol. The van der Waals surface area contributed by atoms with E-state index in [1.165, 1.54) is 18.0 Å². The Morgan fingerprint density at radius 3 is 2.70 bits per heavy atom. The van der Waals surface area contributed by atoms with E-state index in [1.807, 2.05) is 24.3 Å². The van der Waals surface area contributed by atoms with Gasteiger partial charge >= 0.3 is 0 Å². The van der Waals surface area contributed by atoms with Gasteiger partial charge in [0.1, 0.15) is 5.69 Å². The normalized spacial score (nSPS) is 10.2. The number of aromatic amines is 1. The van der Waals surface area contributed by atoms with Crippen LogP contribution in [0.1, 0.15) is 35.8 Å². The van der Waals surface area contributed by atoms with Gasteiger partial charge in [-0.3, -0.25) is 9.59 Å². The van der Waals surface area contributed by atoms with Gasteiger partial charge in [0.05, 0.1) is 6.33 Å². The van der Waals surface area contributed by atoms with Crippen LogP contribution in [0, 0.1) is 0 Å². The summed E-state index contributed by atoms with van der Waals surface area (Å²) in [4.78, 5) is 29.2. The van der Waals surface area contributed by atoms with Gasteiger partial charge in [0.2, 0.25) is 0 Å². The van der Waals surface area contributed by atoms with E-state index in [4.69, 9.17) is 0 Å². The fourth-order valence-electron chi connectivity index (χ4n) is 1.82. The van der Waals surface area contributed by atoms with E-state index in [9.17, 15) is 9.59 Å². The summed E-state index contributed by atoms with van der Waals surface area (Å²) in [5, 5.41) is 2.71. The summed E-state index contributed by atoms with van der Waals surface area (Å²) >= 11 is 0. The Bertz CT molecular complexity index is 632. The molecule has 5 heteroatoms. The van der Waals surface area contributed by atoms with E-state index >= 15 is 0 Å². The summed E-state index contributed by atoms with van der Waals surface area (Å²) in [6.07, 6.45) is 4.57. The van der Waals surface area contributed by atoms with Crippen LogP contribution < -0.4 is 10.9 Å². The van der Waals surface area contributed by atoms with Gasteiger partial charge in [-0.1, -0.05) is 25.5 Å². The highest BCUT2D eigenvalue weighted by atomic mass is 16.2. The van der Waals surface area contributed by atoms with Crippen molar-refractivity contribution in [2.75, 3.05) is 5.32 Å². The zero-order valence-electron chi connectivity index (χ0n) is 11.3. The Labute approximate surface area is 117 Å². The summed E-state index contributed by atoms with van der Waals surface area (Å²) in [5.74, 6) is -0.391. The highest BCUT2D eigenvalue weighted by Crippen LogP contribution is 2.12. The Hall–Kier alpha value is -2.43. The summed E-state index contributed by atoms with van der Waals surface area (Å²) in [6, 6.07) is 8.88. The number of hydrogen-bond acceptors (Lipinski definition) is 3. The number of benzene rings is 1. The summed E-state index contributed by atoms with van der Waals surface area (Å²) in [7, 11) is 0. The molecule has 1 heterocycles. The Morgan fingerprint density at radius 2 is 2.05 bits per heavy atom. The van der Waals surface area contributed by atoms with E-state index < -0.39 is 5.91 Å². The summed E-state index contributed by atoms with van der Waals surface area (Å²) < 4.78 is 0. The maximum Gasteiger partial charge on any atom is 0.274 e. The molecule has 1 aromatic carbocycles. The van der Waals surface area contributed by atoms with Crippen LogP contribution in [-0.4, -0.2) is 15.9 Å². The lowest BCUT2D eigenvalue weighted by molar-refractivity contribution is 0.102. The second-order valence-corrected chi connectivity index (χ2v) is 4.55. The van der Waals surface area contributed by atoms with Crippen LogP contribution >= 0.6 is 0 Å². The largest absolute Gasteiger partial charge is 0.321 e. The molecule has 0 radical (unpaired) electrons. The Kier molecular flexibility index (Phi) is 4.65. The van der Waals surface area contributed by atoms with Crippen LogP contribution in [0.4, 0.5) is 5.69 Å². The first kappa shape index (κ1) is 14.0.